The Balaban J connectivity index is 0.00000176. The Morgan fingerprint density at radius 1 is 1.36 bits per heavy atom. The zero-order valence-electron chi connectivity index (χ0n) is 12.5. The van der Waals surface area contributed by atoms with Crippen LogP contribution in [0.4, 0.5) is 0 Å². The van der Waals surface area contributed by atoms with Gasteiger partial charge in [-0.05, 0) is 37.1 Å². The molecule has 0 aromatic heterocycles. The zero-order valence-corrected chi connectivity index (χ0v) is 14.9. The maximum absolute atomic E-state index is 12.4. The van der Waals surface area contributed by atoms with Gasteiger partial charge in [0.25, 0.3) is 0 Å². The molecule has 6 heteroatoms. The van der Waals surface area contributed by atoms with Crippen molar-refractivity contribution in [2.75, 3.05) is 26.2 Å². The first kappa shape index (κ1) is 17.7. The topological polar surface area (TPSA) is 41.6 Å². The summed E-state index contributed by atoms with van der Waals surface area (Å²) in [6, 6.07) is 8.51. The number of rotatable bonds is 3. The minimum Gasteiger partial charge on any atom is -0.370 e. The average Bonchev–Trinajstić information content (AvgIpc) is 3.01. The molecule has 22 heavy (non-hydrogen) atoms. The Hall–Kier alpha value is -0.620. The molecule has 0 saturated carbocycles. The smallest absolute Gasteiger partial charge is 0.224 e. The van der Waals surface area contributed by atoms with Crippen molar-refractivity contribution in [2.24, 2.45) is 0 Å². The number of amides is 1. The number of ether oxygens (including phenoxy) is 1. The average molecular weight is 390 g/mol. The van der Waals surface area contributed by atoms with Gasteiger partial charge in [-0.2, -0.15) is 0 Å². The minimum atomic E-state index is -0.00710. The Morgan fingerprint density at radius 3 is 2.82 bits per heavy atom. The van der Waals surface area contributed by atoms with E-state index in [1.165, 1.54) is 6.42 Å². The third-order valence-corrected chi connectivity index (χ3v) is 4.77. The van der Waals surface area contributed by atoms with E-state index in [0.717, 1.165) is 23.0 Å². The lowest BCUT2D eigenvalue weighted by atomic mass is 10.1. The SMILES string of the molecule is Cl.O=C(CC1CCCN1)N1CCOC(c2ccc(Br)cc2)C1. The van der Waals surface area contributed by atoms with Gasteiger partial charge in [0.15, 0.2) is 0 Å². The summed E-state index contributed by atoms with van der Waals surface area (Å²) >= 11 is 3.44. The van der Waals surface area contributed by atoms with Gasteiger partial charge in [-0.25, -0.2) is 0 Å². The molecule has 2 fully saturated rings. The largest absolute Gasteiger partial charge is 0.370 e. The Morgan fingerprint density at radius 2 is 2.14 bits per heavy atom. The van der Waals surface area contributed by atoms with Crippen molar-refractivity contribution >= 4 is 34.2 Å². The molecule has 2 atom stereocenters. The maximum atomic E-state index is 12.4. The molecule has 1 N–H and O–H groups in total. The molecule has 0 spiro atoms. The predicted octanol–water partition coefficient (Wildman–Crippen LogP) is 2.91. The van der Waals surface area contributed by atoms with E-state index >= 15 is 0 Å². The first-order chi connectivity index (χ1) is 10.2. The molecule has 2 aliphatic heterocycles. The minimum absolute atomic E-state index is 0. The molecule has 2 aliphatic rings. The predicted molar refractivity (Wildman–Crippen MR) is 92.3 cm³/mol. The number of hydrogen-bond acceptors (Lipinski definition) is 3. The summed E-state index contributed by atoms with van der Waals surface area (Å²) in [6.45, 7) is 3.03. The number of halogens is 2. The lowest BCUT2D eigenvalue weighted by Gasteiger charge is -2.34. The fourth-order valence-electron chi connectivity index (χ4n) is 3.03. The van der Waals surface area contributed by atoms with Gasteiger partial charge in [-0.3, -0.25) is 4.79 Å². The number of carbonyl (C=O) groups is 1. The van der Waals surface area contributed by atoms with Gasteiger partial charge in [0.2, 0.25) is 5.91 Å². The van der Waals surface area contributed by atoms with Gasteiger partial charge in [0.1, 0.15) is 6.10 Å². The highest BCUT2D eigenvalue weighted by Gasteiger charge is 2.27. The first-order valence-electron chi connectivity index (χ1n) is 7.60. The number of benzene rings is 1. The van der Waals surface area contributed by atoms with Crippen LogP contribution in [0.25, 0.3) is 0 Å². The third kappa shape index (κ3) is 4.44. The zero-order chi connectivity index (χ0) is 14.7. The van der Waals surface area contributed by atoms with E-state index in [4.69, 9.17) is 4.74 Å². The van der Waals surface area contributed by atoms with E-state index in [2.05, 4.69) is 33.4 Å². The lowest BCUT2D eigenvalue weighted by Crippen LogP contribution is -2.44. The van der Waals surface area contributed by atoms with Crippen LogP contribution < -0.4 is 5.32 Å². The molecule has 2 heterocycles. The second-order valence-electron chi connectivity index (χ2n) is 5.75. The second kappa shape index (κ2) is 8.29. The van der Waals surface area contributed by atoms with Crippen LogP contribution in [0, 0.1) is 0 Å². The molecule has 2 saturated heterocycles. The fourth-order valence-corrected chi connectivity index (χ4v) is 3.29. The van der Waals surface area contributed by atoms with Crippen molar-refractivity contribution < 1.29 is 9.53 Å². The van der Waals surface area contributed by atoms with Crippen LogP contribution in [-0.2, 0) is 9.53 Å². The summed E-state index contributed by atoms with van der Waals surface area (Å²) < 4.78 is 6.89. The van der Waals surface area contributed by atoms with Crippen LogP contribution in [0.5, 0.6) is 0 Å². The monoisotopic (exact) mass is 388 g/mol. The van der Waals surface area contributed by atoms with Crippen LogP contribution in [0.15, 0.2) is 28.7 Å². The van der Waals surface area contributed by atoms with Crippen LogP contribution >= 0.6 is 28.3 Å². The summed E-state index contributed by atoms with van der Waals surface area (Å²) in [5.41, 5.74) is 1.13. The molecule has 1 aromatic carbocycles. The summed E-state index contributed by atoms with van der Waals surface area (Å²) in [5, 5.41) is 3.39. The molecule has 0 radical (unpaired) electrons. The number of nitrogens with one attached hydrogen (secondary N) is 1. The van der Waals surface area contributed by atoms with Crippen molar-refractivity contribution in [1.29, 1.82) is 0 Å². The Kier molecular flexibility index (Phi) is 6.68. The molecule has 1 amide bonds. The van der Waals surface area contributed by atoms with E-state index in [1.54, 1.807) is 0 Å². The lowest BCUT2D eigenvalue weighted by molar-refractivity contribution is -0.139. The van der Waals surface area contributed by atoms with E-state index in [0.29, 0.717) is 32.2 Å². The van der Waals surface area contributed by atoms with Crippen molar-refractivity contribution in [2.45, 2.75) is 31.4 Å². The van der Waals surface area contributed by atoms with Gasteiger partial charge < -0.3 is 15.0 Å². The summed E-state index contributed by atoms with van der Waals surface area (Å²) in [4.78, 5) is 14.4. The molecule has 4 nitrogen and oxygen atoms in total. The molecular weight excluding hydrogens is 368 g/mol. The highest BCUT2D eigenvalue weighted by Crippen LogP contribution is 2.24. The summed E-state index contributed by atoms with van der Waals surface area (Å²) in [6.07, 6.45) is 2.91. The Labute approximate surface area is 146 Å². The normalized spacial score (nSPS) is 24.9. The molecule has 1 aromatic rings. The van der Waals surface area contributed by atoms with Crippen LogP contribution in [0.1, 0.15) is 30.9 Å². The van der Waals surface area contributed by atoms with E-state index in [9.17, 15) is 4.79 Å². The number of carbonyl (C=O) groups excluding carboxylic acids is 1. The molecule has 2 unspecified atom stereocenters. The summed E-state index contributed by atoms with van der Waals surface area (Å²) in [7, 11) is 0. The first-order valence-corrected chi connectivity index (χ1v) is 8.40. The third-order valence-electron chi connectivity index (χ3n) is 4.24. The van der Waals surface area contributed by atoms with Gasteiger partial charge in [0.05, 0.1) is 13.2 Å². The van der Waals surface area contributed by atoms with E-state index < -0.39 is 0 Å². The molecule has 0 bridgehead atoms. The highest BCUT2D eigenvalue weighted by atomic mass is 79.9. The van der Waals surface area contributed by atoms with Crippen LogP contribution in [-0.4, -0.2) is 43.1 Å². The maximum Gasteiger partial charge on any atom is 0.224 e. The molecule has 0 aliphatic carbocycles. The van der Waals surface area contributed by atoms with Gasteiger partial charge >= 0.3 is 0 Å². The second-order valence-corrected chi connectivity index (χ2v) is 6.66. The van der Waals surface area contributed by atoms with E-state index in [-0.39, 0.29) is 24.4 Å². The van der Waals surface area contributed by atoms with E-state index in [1.807, 2.05) is 17.0 Å². The summed E-state index contributed by atoms with van der Waals surface area (Å²) in [5.74, 6) is 0.250. The standard InChI is InChI=1S/C16H21BrN2O2.ClH/c17-13-5-3-12(4-6-13)15-11-19(8-9-21-15)16(20)10-14-2-1-7-18-14;/h3-6,14-15,18H,1-2,7-11H2;1H. The highest BCUT2D eigenvalue weighted by molar-refractivity contribution is 9.10. The Bertz CT molecular complexity index is 491. The van der Waals surface area contributed by atoms with Crippen LogP contribution in [0.2, 0.25) is 0 Å². The molecule has 122 valence electrons. The number of morpholine rings is 1. The van der Waals surface area contributed by atoms with Gasteiger partial charge in [0, 0.05) is 23.5 Å². The van der Waals surface area contributed by atoms with Gasteiger partial charge in [-0.15, -0.1) is 12.4 Å². The molecular formula is C16H22BrClN2O2. The molecule has 3 rings (SSSR count). The van der Waals surface area contributed by atoms with Crippen molar-refractivity contribution in [3.05, 3.63) is 34.3 Å². The van der Waals surface area contributed by atoms with Crippen LogP contribution in [0.3, 0.4) is 0 Å². The number of nitrogens with zero attached hydrogens (tertiary/aromatic N) is 1. The quantitative estimate of drug-likeness (QED) is 0.864. The van der Waals surface area contributed by atoms with Crippen molar-refractivity contribution in [1.82, 2.24) is 10.2 Å². The van der Waals surface area contributed by atoms with Crippen molar-refractivity contribution in [3.63, 3.8) is 0 Å². The number of hydrogen-bond donors (Lipinski definition) is 1. The van der Waals surface area contributed by atoms with Crippen molar-refractivity contribution in [3.8, 4) is 0 Å². The fraction of sp³-hybridized carbons (Fsp3) is 0.562. The van der Waals surface area contributed by atoms with Gasteiger partial charge in [-0.1, -0.05) is 28.1 Å².